The Hall–Kier alpha value is -1.80. The normalized spacial score (nSPS) is 10.4. The molecule has 2 heteroatoms. The molecule has 0 bridgehead atoms. The lowest BCUT2D eigenvalue weighted by Gasteiger charge is -2.06. The van der Waals surface area contributed by atoms with E-state index >= 15 is 0 Å². The number of benzene rings is 2. The third-order valence-electron chi connectivity index (χ3n) is 3.16. The van der Waals surface area contributed by atoms with E-state index in [1.807, 2.05) is 12.1 Å². The van der Waals surface area contributed by atoms with Gasteiger partial charge in [-0.2, -0.15) is 0 Å². The van der Waals surface area contributed by atoms with Crippen LogP contribution in [0.2, 0.25) is 0 Å². The predicted molar refractivity (Wildman–Crippen MR) is 79.6 cm³/mol. The van der Waals surface area contributed by atoms with Gasteiger partial charge in [-0.1, -0.05) is 42.0 Å². The van der Waals surface area contributed by atoms with Crippen LogP contribution in [0.3, 0.4) is 0 Å². The van der Waals surface area contributed by atoms with E-state index in [0.29, 0.717) is 0 Å². The molecule has 2 aromatic rings. The Morgan fingerprint density at radius 3 is 2.47 bits per heavy atom. The molecule has 0 aliphatic heterocycles. The Bertz CT molecular complexity index is 505. The van der Waals surface area contributed by atoms with Crippen LogP contribution in [0.4, 0.5) is 0 Å². The fourth-order valence-electron chi connectivity index (χ4n) is 2.08. The van der Waals surface area contributed by atoms with Crippen molar-refractivity contribution in [2.24, 2.45) is 0 Å². The molecule has 0 heterocycles. The predicted octanol–water partition coefficient (Wildman–Crippen LogP) is 3.34. The molecule has 0 amide bonds. The maximum absolute atomic E-state index is 5.15. The van der Waals surface area contributed by atoms with Crippen molar-refractivity contribution in [2.75, 3.05) is 13.7 Å². The lowest BCUT2D eigenvalue weighted by atomic mass is 10.1. The van der Waals surface area contributed by atoms with Crippen molar-refractivity contribution in [2.45, 2.75) is 19.9 Å². The van der Waals surface area contributed by atoms with Crippen molar-refractivity contribution in [1.82, 2.24) is 5.32 Å². The molecule has 0 saturated carbocycles. The summed E-state index contributed by atoms with van der Waals surface area (Å²) in [5.41, 5.74) is 3.99. The van der Waals surface area contributed by atoms with Crippen molar-refractivity contribution in [3.8, 4) is 5.75 Å². The maximum atomic E-state index is 5.15. The standard InChI is InChI=1S/C17H21NO/c1-14-4-3-5-16(12-14)13-18-11-10-15-6-8-17(19-2)9-7-15/h3-9,12,18H,10-11,13H2,1-2H3. The van der Waals surface area contributed by atoms with E-state index in [2.05, 4.69) is 48.6 Å². The van der Waals surface area contributed by atoms with Gasteiger partial charge in [-0.05, 0) is 43.1 Å². The third kappa shape index (κ3) is 4.42. The quantitative estimate of drug-likeness (QED) is 0.799. The first-order valence-electron chi connectivity index (χ1n) is 6.67. The Balaban J connectivity index is 1.74. The second-order valence-corrected chi connectivity index (χ2v) is 4.76. The largest absolute Gasteiger partial charge is 0.497 e. The first kappa shape index (κ1) is 13.6. The van der Waals surface area contributed by atoms with Crippen LogP contribution in [0.1, 0.15) is 16.7 Å². The second kappa shape index (κ2) is 6.95. The molecule has 0 aromatic heterocycles. The molecular weight excluding hydrogens is 234 g/mol. The van der Waals surface area contributed by atoms with E-state index < -0.39 is 0 Å². The highest BCUT2D eigenvalue weighted by atomic mass is 16.5. The van der Waals surface area contributed by atoms with E-state index in [9.17, 15) is 0 Å². The number of hydrogen-bond acceptors (Lipinski definition) is 2. The number of aryl methyl sites for hydroxylation is 1. The van der Waals surface area contributed by atoms with Crippen molar-refractivity contribution in [3.63, 3.8) is 0 Å². The molecule has 0 atom stereocenters. The summed E-state index contributed by atoms with van der Waals surface area (Å²) in [7, 11) is 1.69. The Morgan fingerprint density at radius 2 is 1.79 bits per heavy atom. The second-order valence-electron chi connectivity index (χ2n) is 4.76. The SMILES string of the molecule is COc1ccc(CCNCc2cccc(C)c2)cc1. The minimum atomic E-state index is 0.913. The van der Waals surface area contributed by atoms with Crippen LogP contribution in [-0.4, -0.2) is 13.7 Å². The fourth-order valence-corrected chi connectivity index (χ4v) is 2.08. The Labute approximate surface area is 115 Å². The number of nitrogens with one attached hydrogen (secondary N) is 1. The molecular formula is C17H21NO. The van der Waals surface area contributed by atoms with E-state index in [0.717, 1.165) is 25.3 Å². The zero-order chi connectivity index (χ0) is 13.5. The molecule has 0 spiro atoms. The summed E-state index contributed by atoms with van der Waals surface area (Å²) in [6.45, 7) is 4.04. The van der Waals surface area contributed by atoms with Crippen LogP contribution in [0.5, 0.6) is 5.75 Å². The molecule has 2 nitrogen and oxygen atoms in total. The summed E-state index contributed by atoms with van der Waals surface area (Å²) in [5.74, 6) is 0.913. The van der Waals surface area contributed by atoms with Gasteiger partial charge >= 0.3 is 0 Å². The van der Waals surface area contributed by atoms with E-state index in [4.69, 9.17) is 4.74 Å². The Kier molecular flexibility index (Phi) is 4.99. The van der Waals surface area contributed by atoms with Crippen molar-refractivity contribution in [1.29, 1.82) is 0 Å². The summed E-state index contributed by atoms with van der Waals surface area (Å²) in [6, 6.07) is 16.9. The monoisotopic (exact) mass is 255 g/mol. The van der Waals surface area contributed by atoms with E-state index in [1.54, 1.807) is 7.11 Å². The molecule has 100 valence electrons. The molecule has 0 aliphatic carbocycles. The van der Waals surface area contributed by atoms with Gasteiger partial charge in [0, 0.05) is 6.54 Å². The zero-order valence-electron chi connectivity index (χ0n) is 11.6. The molecule has 19 heavy (non-hydrogen) atoms. The molecule has 0 unspecified atom stereocenters. The van der Waals surface area contributed by atoms with Gasteiger partial charge in [0.1, 0.15) is 5.75 Å². The topological polar surface area (TPSA) is 21.3 Å². The van der Waals surface area contributed by atoms with E-state index in [-0.39, 0.29) is 0 Å². The first-order valence-corrected chi connectivity index (χ1v) is 6.67. The van der Waals surface area contributed by atoms with Crippen molar-refractivity contribution >= 4 is 0 Å². The molecule has 0 aliphatic rings. The van der Waals surface area contributed by atoms with Gasteiger partial charge in [0.2, 0.25) is 0 Å². The van der Waals surface area contributed by atoms with Gasteiger partial charge in [0.15, 0.2) is 0 Å². The molecule has 2 aromatic carbocycles. The number of ether oxygens (including phenoxy) is 1. The van der Waals surface area contributed by atoms with Crippen LogP contribution in [-0.2, 0) is 13.0 Å². The van der Waals surface area contributed by atoms with Gasteiger partial charge in [-0.25, -0.2) is 0 Å². The van der Waals surface area contributed by atoms with Crippen LogP contribution in [0.15, 0.2) is 48.5 Å². The van der Waals surface area contributed by atoms with Gasteiger partial charge < -0.3 is 10.1 Å². The van der Waals surface area contributed by atoms with Crippen molar-refractivity contribution in [3.05, 3.63) is 65.2 Å². The fraction of sp³-hybridized carbons (Fsp3) is 0.294. The van der Waals surface area contributed by atoms with Gasteiger partial charge in [-0.3, -0.25) is 0 Å². The highest BCUT2D eigenvalue weighted by Gasteiger charge is 1.96. The van der Waals surface area contributed by atoms with Gasteiger partial charge in [-0.15, -0.1) is 0 Å². The summed E-state index contributed by atoms with van der Waals surface area (Å²) < 4.78 is 5.15. The molecule has 0 fully saturated rings. The van der Waals surface area contributed by atoms with Crippen LogP contribution >= 0.6 is 0 Å². The highest BCUT2D eigenvalue weighted by molar-refractivity contribution is 5.27. The number of hydrogen-bond donors (Lipinski definition) is 1. The number of methoxy groups -OCH3 is 1. The Morgan fingerprint density at radius 1 is 1.00 bits per heavy atom. The first-order chi connectivity index (χ1) is 9.28. The van der Waals surface area contributed by atoms with Gasteiger partial charge in [0.25, 0.3) is 0 Å². The van der Waals surface area contributed by atoms with Crippen LogP contribution in [0, 0.1) is 6.92 Å². The summed E-state index contributed by atoms with van der Waals surface area (Å²) in [5, 5.41) is 3.47. The average molecular weight is 255 g/mol. The van der Waals surface area contributed by atoms with Crippen molar-refractivity contribution < 1.29 is 4.74 Å². The summed E-state index contributed by atoms with van der Waals surface area (Å²) in [6.07, 6.45) is 1.04. The molecule has 0 saturated heterocycles. The summed E-state index contributed by atoms with van der Waals surface area (Å²) in [4.78, 5) is 0. The lowest BCUT2D eigenvalue weighted by Crippen LogP contribution is -2.16. The minimum Gasteiger partial charge on any atom is -0.497 e. The third-order valence-corrected chi connectivity index (χ3v) is 3.16. The van der Waals surface area contributed by atoms with E-state index in [1.165, 1.54) is 16.7 Å². The summed E-state index contributed by atoms with van der Waals surface area (Å²) >= 11 is 0. The molecule has 0 radical (unpaired) electrons. The van der Waals surface area contributed by atoms with Gasteiger partial charge in [0.05, 0.1) is 7.11 Å². The van der Waals surface area contributed by atoms with Crippen LogP contribution in [0.25, 0.3) is 0 Å². The minimum absolute atomic E-state index is 0.913. The highest BCUT2D eigenvalue weighted by Crippen LogP contribution is 2.11. The zero-order valence-corrected chi connectivity index (χ0v) is 11.6. The molecule has 2 rings (SSSR count). The average Bonchev–Trinajstić information content (AvgIpc) is 2.44. The lowest BCUT2D eigenvalue weighted by molar-refractivity contribution is 0.414. The smallest absolute Gasteiger partial charge is 0.118 e. The van der Waals surface area contributed by atoms with Crippen LogP contribution < -0.4 is 10.1 Å². The maximum Gasteiger partial charge on any atom is 0.118 e. The molecule has 1 N–H and O–H groups in total. The number of rotatable bonds is 6.